The molecule has 0 spiro atoms. The Morgan fingerprint density at radius 2 is 1.81 bits per heavy atom. The van der Waals surface area contributed by atoms with Crippen LogP contribution in [0.5, 0.6) is 0 Å². The molecule has 0 radical (unpaired) electrons. The zero-order chi connectivity index (χ0) is 12.4. The zero-order valence-electron chi connectivity index (χ0n) is 11.8. The van der Waals surface area contributed by atoms with E-state index in [4.69, 9.17) is 5.73 Å². The zero-order valence-corrected chi connectivity index (χ0v) is 11.8. The van der Waals surface area contributed by atoms with Crippen LogP contribution in [0.25, 0.3) is 0 Å². The SMILES string of the molecule is CCCCN(CC(CN)CCC)C(C)CC. The maximum Gasteiger partial charge on any atom is 0.00644 e. The number of nitrogens with zero attached hydrogens (tertiary/aromatic N) is 1. The predicted molar refractivity (Wildman–Crippen MR) is 73.7 cm³/mol. The Labute approximate surface area is 103 Å². The summed E-state index contributed by atoms with van der Waals surface area (Å²) >= 11 is 0. The van der Waals surface area contributed by atoms with Crippen molar-refractivity contribution in [1.82, 2.24) is 4.90 Å². The molecular weight excluding hydrogens is 196 g/mol. The van der Waals surface area contributed by atoms with Crippen LogP contribution in [0.2, 0.25) is 0 Å². The van der Waals surface area contributed by atoms with Crippen molar-refractivity contribution in [3.05, 3.63) is 0 Å². The third kappa shape index (κ3) is 6.49. The fourth-order valence-corrected chi connectivity index (χ4v) is 2.13. The Morgan fingerprint density at radius 1 is 1.12 bits per heavy atom. The van der Waals surface area contributed by atoms with Crippen molar-refractivity contribution >= 4 is 0 Å². The van der Waals surface area contributed by atoms with Crippen molar-refractivity contribution < 1.29 is 0 Å². The average molecular weight is 228 g/mol. The molecule has 2 unspecified atom stereocenters. The third-order valence-electron chi connectivity index (χ3n) is 3.54. The second kappa shape index (κ2) is 10.1. The first-order chi connectivity index (χ1) is 7.69. The van der Waals surface area contributed by atoms with E-state index < -0.39 is 0 Å². The quantitative estimate of drug-likeness (QED) is 0.622. The molecule has 2 N–H and O–H groups in total. The molecular formula is C14H32N2. The van der Waals surface area contributed by atoms with E-state index in [1.54, 1.807) is 0 Å². The lowest BCUT2D eigenvalue weighted by molar-refractivity contribution is 0.167. The summed E-state index contributed by atoms with van der Waals surface area (Å²) in [7, 11) is 0. The minimum Gasteiger partial charge on any atom is -0.330 e. The molecule has 0 amide bonds. The number of unbranched alkanes of at least 4 members (excludes halogenated alkanes) is 1. The van der Waals surface area contributed by atoms with Gasteiger partial charge in [-0.05, 0) is 45.2 Å². The Morgan fingerprint density at radius 3 is 2.25 bits per heavy atom. The maximum atomic E-state index is 5.85. The van der Waals surface area contributed by atoms with Gasteiger partial charge in [0.1, 0.15) is 0 Å². The summed E-state index contributed by atoms with van der Waals surface area (Å²) in [6.45, 7) is 12.4. The first-order valence-electron chi connectivity index (χ1n) is 7.13. The first-order valence-corrected chi connectivity index (χ1v) is 7.13. The highest BCUT2D eigenvalue weighted by atomic mass is 15.1. The van der Waals surface area contributed by atoms with Crippen LogP contribution in [0.4, 0.5) is 0 Å². The van der Waals surface area contributed by atoms with Gasteiger partial charge in [-0.15, -0.1) is 0 Å². The standard InChI is InChI=1S/C14H32N2/c1-5-8-10-16(13(4)7-3)12-14(11-15)9-6-2/h13-14H,5-12,15H2,1-4H3. The van der Waals surface area contributed by atoms with Crippen molar-refractivity contribution in [3.8, 4) is 0 Å². The Balaban J connectivity index is 4.15. The van der Waals surface area contributed by atoms with Crippen LogP contribution in [-0.2, 0) is 0 Å². The molecule has 0 aliphatic rings. The largest absolute Gasteiger partial charge is 0.330 e. The normalized spacial score (nSPS) is 15.4. The van der Waals surface area contributed by atoms with Gasteiger partial charge in [-0.1, -0.05) is 33.6 Å². The van der Waals surface area contributed by atoms with Crippen LogP contribution in [0.15, 0.2) is 0 Å². The molecule has 0 aromatic heterocycles. The topological polar surface area (TPSA) is 29.3 Å². The van der Waals surface area contributed by atoms with E-state index in [-0.39, 0.29) is 0 Å². The molecule has 0 bridgehead atoms. The van der Waals surface area contributed by atoms with Crippen LogP contribution >= 0.6 is 0 Å². The molecule has 2 atom stereocenters. The Bertz CT molecular complexity index is 148. The van der Waals surface area contributed by atoms with Crippen LogP contribution < -0.4 is 5.73 Å². The van der Waals surface area contributed by atoms with Crippen molar-refractivity contribution in [2.24, 2.45) is 11.7 Å². The van der Waals surface area contributed by atoms with Crippen LogP contribution in [0, 0.1) is 5.92 Å². The first kappa shape index (κ1) is 15.9. The van der Waals surface area contributed by atoms with Gasteiger partial charge in [-0.25, -0.2) is 0 Å². The molecule has 0 heterocycles. The number of hydrogen-bond donors (Lipinski definition) is 1. The summed E-state index contributed by atoms with van der Waals surface area (Å²) in [5, 5.41) is 0. The highest BCUT2D eigenvalue weighted by Gasteiger charge is 2.16. The lowest BCUT2D eigenvalue weighted by atomic mass is 10.0. The summed E-state index contributed by atoms with van der Waals surface area (Å²) in [4.78, 5) is 2.64. The summed E-state index contributed by atoms with van der Waals surface area (Å²) in [5.74, 6) is 0.691. The van der Waals surface area contributed by atoms with Crippen molar-refractivity contribution in [3.63, 3.8) is 0 Å². The van der Waals surface area contributed by atoms with Gasteiger partial charge in [0.15, 0.2) is 0 Å². The van der Waals surface area contributed by atoms with Gasteiger partial charge in [0.2, 0.25) is 0 Å². The number of hydrogen-bond acceptors (Lipinski definition) is 2. The van der Waals surface area contributed by atoms with Crippen molar-refractivity contribution in [2.45, 2.75) is 65.8 Å². The highest BCUT2D eigenvalue weighted by molar-refractivity contribution is 4.71. The summed E-state index contributed by atoms with van der Waals surface area (Å²) in [6.07, 6.45) is 6.37. The molecule has 0 saturated carbocycles. The second-order valence-electron chi connectivity index (χ2n) is 5.00. The monoisotopic (exact) mass is 228 g/mol. The smallest absolute Gasteiger partial charge is 0.00644 e. The van der Waals surface area contributed by atoms with Gasteiger partial charge in [-0.3, -0.25) is 0 Å². The molecule has 0 rings (SSSR count). The van der Waals surface area contributed by atoms with Crippen molar-refractivity contribution in [2.75, 3.05) is 19.6 Å². The fraction of sp³-hybridized carbons (Fsp3) is 1.00. The molecule has 0 aromatic rings. The molecule has 2 nitrogen and oxygen atoms in total. The second-order valence-corrected chi connectivity index (χ2v) is 5.00. The van der Waals surface area contributed by atoms with E-state index in [0.717, 1.165) is 6.54 Å². The van der Waals surface area contributed by atoms with Crippen LogP contribution in [-0.4, -0.2) is 30.6 Å². The van der Waals surface area contributed by atoms with Gasteiger partial charge in [0, 0.05) is 12.6 Å². The molecule has 0 aliphatic heterocycles. The van der Waals surface area contributed by atoms with Gasteiger partial charge < -0.3 is 10.6 Å². The van der Waals surface area contributed by atoms with Crippen LogP contribution in [0.1, 0.15) is 59.8 Å². The fourth-order valence-electron chi connectivity index (χ4n) is 2.13. The van der Waals surface area contributed by atoms with E-state index in [2.05, 4.69) is 32.6 Å². The molecule has 16 heavy (non-hydrogen) atoms. The average Bonchev–Trinajstić information content (AvgIpc) is 2.32. The van der Waals surface area contributed by atoms with Gasteiger partial charge in [0.25, 0.3) is 0 Å². The molecule has 0 fully saturated rings. The predicted octanol–water partition coefficient (Wildman–Crippen LogP) is 3.26. The Kier molecular flexibility index (Phi) is 10.0. The molecule has 0 aliphatic carbocycles. The minimum atomic E-state index is 0.691. The van der Waals surface area contributed by atoms with Gasteiger partial charge in [-0.2, -0.15) is 0 Å². The van der Waals surface area contributed by atoms with Gasteiger partial charge in [0.05, 0.1) is 0 Å². The minimum absolute atomic E-state index is 0.691. The van der Waals surface area contributed by atoms with Crippen molar-refractivity contribution in [1.29, 1.82) is 0 Å². The van der Waals surface area contributed by atoms with E-state index in [0.29, 0.717) is 12.0 Å². The summed E-state index contributed by atoms with van der Waals surface area (Å²) in [5.41, 5.74) is 5.85. The highest BCUT2D eigenvalue weighted by Crippen LogP contribution is 2.12. The van der Waals surface area contributed by atoms with E-state index in [1.807, 2.05) is 0 Å². The van der Waals surface area contributed by atoms with E-state index >= 15 is 0 Å². The van der Waals surface area contributed by atoms with E-state index in [1.165, 1.54) is 45.2 Å². The number of rotatable bonds is 10. The molecule has 98 valence electrons. The molecule has 2 heteroatoms. The third-order valence-corrected chi connectivity index (χ3v) is 3.54. The molecule has 0 aromatic carbocycles. The maximum absolute atomic E-state index is 5.85. The van der Waals surface area contributed by atoms with Gasteiger partial charge >= 0.3 is 0 Å². The lowest BCUT2D eigenvalue weighted by Gasteiger charge is -2.31. The van der Waals surface area contributed by atoms with Crippen LogP contribution in [0.3, 0.4) is 0 Å². The lowest BCUT2D eigenvalue weighted by Crippen LogP contribution is -2.39. The molecule has 0 saturated heterocycles. The Hall–Kier alpha value is -0.0800. The van der Waals surface area contributed by atoms with E-state index in [9.17, 15) is 0 Å². The number of nitrogens with two attached hydrogens (primary N) is 1. The summed E-state index contributed by atoms with van der Waals surface area (Å²) in [6, 6.07) is 0.706. The summed E-state index contributed by atoms with van der Waals surface area (Å²) < 4.78 is 0.